The summed E-state index contributed by atoms with van der Waals surface area (Å²) in [7, 11) is 5.60. The average molecular weight is 335 g/mol. The van der Waals surface area contributed by atoms with E-state index in [4.69, 9.17) is 4.74 Å². The molecule has 7 heteroatoms. The van der Waals surface area contributed by atoms with Crippen LogP contribution in [0.2, 0.25) is 0 Å². The van der Waals surface area contributed by atoms with Crippen molar-refractivity contribution < 1.29 is 9.53 Å². The number of likely N-dealkylation sites (tertiary alicyclic amines) is 1. The van der Waals surface area contributed by atoms with Gasteiger partial charge in [0.2, 0.25) is 0 Å². The van der Waals surface area contributed by atoms with E-state index in [2.05, 4.69) is 19.8 Å². The molecule has 1 aromatic heterocycles. The number of aryl methyl sites for hydroxylation is 1. The fraction of sp³-hybridized carbons (Fsp3) is 0.765. The molecule has 7 nitrogen and oxygen atoms in total. The van der Waals surface area contributed by atoms with Crippen LogP contribution in [0.15, 0.2) is 12.5 Å². The van der Waals surface area contributed by atoms with Gasteiger partial charge in [0.1, 0.15) is 0 Å². The predicted molar refractivity (Wildman–Crippen MR) is 91.6 cm³/mol. The molecule has 0 aromatic carbocycles. The highest BCUT2D eigenvalue weighted by Crippen LogP contribution is 2.35. The van der Waals surface area contributed by atoms with Gasteiger partial charge < -0.3 is 19.5 Å². The average Bonchev–Trinajstić information content (AvgIpc) is 2.95. The molecule has 2 fully saturated rings. The van der Waals surface area contributed by atoms with Gasteiger partial charge in [-0.1, -0.05) is 0 Å². The van der Waals surface area contributed by atoms with Crippen LogP contribution >= 0.6 is 0 Å². The van der Waals surface area contributed by atoms with Gasteiger partial charge in [-0.05, 0) is 25.7 Å². The number of hydrogen-bond donors (Lipinski definition) is 1. The van der Waals surface area contributed by atoms with Crippen LogP contribution in [-0.2, 0) is 18.3 Å². The van der Waals surface area contributed by atoms with Gasteiger partial charge in [0, 0.05) is 59.6 Å². The number of piperidine rings is 1. The first-order valence-electron chi connectivity index (χ1n) is 8.77. The topological polar surface area (TPSA) is 62.6 Å². The first-order chi connectivity index (χ1) is 11.5. The van der Waals surface area contributed by atoms with Crippen molar-refractivity contribution in [3.63, 3.8) is 0 Å². The maximum atomic E-state index is 11.9. The molecule has 2 aliphatic heterocycles. The van der Waals surface area contributed by atoms with Gasteiger partial charge in [-0.15, -0.1) is 0 Å². The molecule has 0 unspecified atom stereocenters. The van der Waals surface area contributed by atoms with Crippen LogP contribution in [0, 0.1) is 0 Å². The Bertz CT molecular complexity index is 563. The first-order valence-corrected chi connectivity index (χ1v) is 8.77. The monoisotopic (exact) mass is 335 g/mol. The van der Waals surface area contributed by atoms with Crippen molar-refractivity contribution in [2.45, 2.75) is 43.9 Å². The van der Waals surface area contributed by atoms with Crippen molar-refractivity contribution in [3.8, 4) is 0 Å². The third-order valence-electron chi connectivity index (χ3n) is 5.30. The van der Waals surface area contributed by atoms with Crippen molar-refractivity contribution >= 4 is 6.03 Å². The van der Waals surface area contributed by atoms with E-state index >= 15 is 0 Å². The standard InChI is InChI=1S/C17H29N5O2/c1-20(2)16(23)19-14-4-9-24-17(10-14)5-7-22(8-6-17)12-15-11-18-13-21(15)3/h11,13-14H,4-10,12H2,1-3H3,(H,19,23)/t14-/m0/s1. The number of aromatic nitrogens is 2. The number of hydrogen-bond acceptors (Lipinski definition) is 4. The predicted octanol–water partition coefficient (Wildman–Crippen LogP) is 1.20. The Morgan fingerprint density at radius 3 is 2.83 bits per heavy atom. The van der Waals surface area contributed by atoms with E-state index < -0.39 is 0 Å². The zero-order chi connectivity index (χ0) is 17.2. The van der Waals surface area contributed by atoms with Crippen molar-refractivity contribution in [1.82, 2.24) is 24.7 Å². The SMILES string of the molecule is CN(C)C(=O)N[C@H]1CCOC2(CCN(Cc3cncn3C)CC2)C1. The molecule has 3 heterocycles. The van der Waals surface area contributed by atoms with Crippen LogP contribution in [0.3, 0.4) is 0 Å². The highest BCUT2D eigenvalue weighted by molar-refractivity contribution is 5.73. The lowest BCUT2D eigenvalue weighted by Crippen LogP contribution is -2.54. The number of carbonyl (C=O) groups excluding carboxylic acids is 1. The number of imidazole rings is 1. The number of rotatable bonds is 3. The minimum Gasteiger partial charge on any atom is -0.375 e. The largest absolute Gasteiger partial charge is 0.375 e. The van der Waals surface area contributed by atoms with E-state index in [9.17, 15) is 4.79 Å². The molecule has 1 N–H and O–H groups in total. The normalized spacial score (nSPS) is 24.0. The molecule has 0 saturated carbocycles. The highest BCUT2D eigenvalue weighted by atomic mass is 16.5. The van der Waals surface area contributed by atoms with Gasteiger partial charge in [-0.25, -0.2) is 9.78 Å². The van der Waals surface area contributed by atoms with Gasteiger partial charge in [-0.2, -0.15) is 0 Å². The van der Waals surface area contributed by atoms with E-state index in [-0.39, 0.29) is 17.7 Å². The third kappa shape index (κ3) is 3.89. The Morgan fingerprint density at radius 2 is 2.21 bits per heavy atom. The molecule has 24 heavy (non-hydrogen) atoms. The fourth-order valence-electron chi connectivity index (χ4n) is 3.69. The van der Waals surface area contributed by atoms with Crippen LogP contribution in [0.1, 0.15) is 31.4 Å². The molecule has 1 spiro atoms. The van der Waals surface area contributed by atoms with Crippen molar-refractivity contribution in [2.75, 3.05) is 33.8 Å². The molecule has 2 saturated heterocycles. The molecule has 134 valence electrons. The number of amides is 2. The van der Waals surface area contributed by atoms with Crippen LogP contribution < -0.4 is 5.32 Å². The molecule has 0 aliphatic carbocycles. The van der Waals surface area contributed by atoms with Gasteiger partial charge in [0.25, 0.3) is 0 Å². The van der Waals surface area contributed by atoms with E-state index in [1.54, 1.807) is 19.0 Å². The Labute approximate surface area is 144 Å². The first kappa shape index (κ1) is 17.2. The second kappa shape index (κ2) is 7.11. The Morgan fingerprint density at radius 1 is 1.46 bits per heavy atom. The van der Waals surface area contributed by atoms with Crippen molar-refractivity contribution in [3.05, 3.63) is 18.2 Å². The minimum absolute atomic E-state index is 0.00862. The number of carbonyl (C=O) groups is 1. The van der Waals surface area contributed by atoms with E-state index in [0.29, 0.717) is 0 Å². The lowest BCUT2D eigenvalue weighted by atomic mass is 9.82. The van der Waals surface area contributed by atoms with Crippen molar-refractivity contribution in [2.24, 2.45) is 7.05 Å². The number of urea groups is 1. The van der Waals surface area contributed by atoms with Gasteiger partial charge in [0.15, 0.2) is 0 Å². The van der Waals surface area contributed by atoms with E-state index in [1.165, 1.54) is 5.69 Å². The molecule has 0 bridgehead atoms. The molecule has 1 atom stereocenters. The molecule has 2 aliphatic rings. The maximum Gasteiger partial charge on any atom is 0.317 e. The fourth-order valence-corrected chi connectivity index (χ4v) is 3.69. The molecule has 1 aromatic rings. The summed E-state index contributed by atoms with van der Waals surface area (Å²) in [6.45, 7) is 3.73. The summed E-state index contributed by atoms with van der Waals surface area (Å²) in [6, 6.07) is 0.211. The van der Waals surface area contributed by atoms with Gasteiger partial charge in [0.05, 0.1) is 17.6 Å². The lowest BCUT2D eigenvalue weighted by molar-refractivity contribution is -0.119. The van der Waals surface area contributed by atoms with E-state index in [0.717, 1.165) is 51.9 Å². The minimum atomic E-state index is -0.0640. The zero-order valence-electron chi connectivity index (χ0n) is 15.0. The van der Waals surface area contributed by atoms with Crippen LogP contribution in [-0.4, -0.2) is 70.8 Å². The molecular formula is C17H29N5O2. The second-order valence-corrected chi connectivity index (χ2v) is 7.34. The summed E-state index contributed by atoms with van der Waals surface area (Å²) < 4.78 is 8.25. The Hall–Kier alpha value is -1.60. The summed E-state index contributed by atoms with van der Waals surface area (Å²) in [5.41, 5.74) is 1.18. The van der Waals surface area contributed by atoms with Crippen LogP contribution in [0.4, 0.5) is 4.79 Å². The summed E-state index contributed by atoms with van der Waals surface area (Å²) in [5.74, 6) is 0. The number of nitrogens with zero attached hydrogens (tertiary/aromatic N) is 4. The van der Waals surface area contributed by atoms with Gasteiger partial charge >= 0.3 is 6.03 Å². The molecule has 2 amide bonds. The molecule has 0 radical (unpaired) electrons. The van der Waals surface area contributed by atoms with Crippen LogP contribution in [0.25, 0.3) is 0 Å². The summed E-state index contributed by atoms with van der Waals surface area (Å²) in [5, 5.41) is 3.13. The Balaban J connectivity index is 1.52. The molecular weight excluding hydrogens is 306 g/mol. The molecule has 3 rings (SSSR count). The highest BCUT2D eigenvalue weighted by Gasteiger charge is 2.40. The summed E-state index contributed by atoms with van der Waals surface area (Å²) in [6.07, 6.45) is 7.67. The number of ether oxygens (including phenoxy) is 1. The smallest absolute Gasteiger partial charge is 0.317 e. The van der Waals surface area contributed by atoms with E-state index in [1.807, 2.05) is 19.6 Å². The third-order valence-corrected chi connectivity index (χ3v) is 5.30. The zero-order valence-corrected chi connectivity index (χ0v) is 15.0. The second-order valence-electron chi connectivity index (χ2n) is 7.34. The summed E-state index contributed by atoms with van der Waals surface area (Å²) >= 11 is 0. The van der Waals surface area contributed by atoms with Crippen LogP contribution in [0.5, 0.6) is 0 Å². The Kier molecular flexibility index (Phi) is 5.10. The lowest BCUT2D eigenvalue weighted by Gasteiger charge is -2.46. The maximum absolute atomic E-state index is 11.9. The van der Waals surface area contributed by atoms with Gasteiger partial charge in [-0.3, -0.25) is 4.90 Å². The van der Waals surface area contributed by atoms with Crippen molar-refractivity contribution in [1.29, 1.82) is 0 Å². The summed E-state index contributed by atoms with van der Waals surface area (Å²) in [4.78, 5) is 20.2. The number of nitrogens with one attached hydrogen (secondary N) is 1. The quantitative estimate of drug-likeness (QED) is 0.902.